The van der Waals surface area contributed by atoms with Gasteiger partial charge < -0.3 is 11.1 Å². The van der Waals surface area contributed by atoms with Crippen molar-refractivity contribution in [2.24, 2.45) is 5.73 Å². The van der Waals surface area contributed by atoms with Gasteiger partial charge in [0.2, 0.25) is 5.91 Å². The summed E-state index contributed by atoms with van der Waals surface area (Å²) in [6.07, 6.45) is 3.93. The van der Waals surface area contributed by atoms with Gasteiger partial charge in [0.25, 0.3) is 0 Å². The van der Waals surface area contributed by atoms with Crippen molar-refractivity contribution in [3.8, 4) is 0 Å². The Morgan fingerprint density at radius 3 is 2.57 bits per heavy atom. The van der Waals surface area contributed by atoms with Crippen molar-refractivity contribution in [2.45, 2.75) is 26.3 Å². The van der Waals surface area contributed by atoms with E-state index in [9.17, 15) is 4.79 Å². The number of nitrogens with two attached hydrogens (primary N) is 1. The molecule has 14 heavy (non-hydrogen) atoms. The first kappa shape index (κ1) is 10.6. The lowest BCUT2D eigenvalue weighted by molar-refractivity contribution is -0.117. The summed E-state index contributed by atoms with van der Waals surface area (Å²) in [7, 11) is 0. The minimum atomic E-state index is -0.527. The highest BCUT2D eigenvalue weighted by atomic mass is 16.2. The van der Waals surface area contributed by atoms with Gasteiger partial charge >= 0.3 is 0 Å². The molecule has 0 saturated carbocycles. The summed E-state index contributed by atoms with van der Waals surface area (Å²) < 4.78 is 0. The molecule has 5 nitrogen and oxygen atoms in total. The molecule has 0 aliphatic carbocycles. The number of carbonyl (C=O) groups excluding carboxylic acids is 1. The highest BCUT2D eigenvalue weighted by Crippen LogP contribution is 2.03. The molecule has 0 aliphatic heterocycles. The minimum Gasteiger partial charge on any atom is -0.322 e. The number of carbonyl (C=O) groups is 1. The largest absolute Gasteiger partial charge is 0.322 e. The number of anilines is 1. The lowest BCUT2D eigenvalue weighted by Crippen LogP contribution is -2.32. The van der Waals surface area contributed by atoms with Crippen LogP contribution in [0, 0.1) is 0 Å². The average Bonchev–Trinajstić information content (AvgIpc) is 2.19. The van der Waals surface area contributed by atoms with E-state index in [0.29, 0.717) is 5.69 Å². The molecule has 1 atom stereocenters. The van der Waals surface area contributed by atoms with Crippen LogP contribution in [-0.4, -0.2) is 21.9 Å². The van der Waals surface area contributed by atoms with Crippen molar-refractivity contribution in [1.29, 1.82) is 0 Å². The maximum absolute atomic E-state index is 11.2. The fraction of sp³-hybridized carbons (Fsp3) is 0.444. The molecule has 1 aromatic rings. The number of nitrogens with one attached hydrogen (secondary N) is 1. The molecule has 0 radical (unpaired) electrons. The van der Waals surface area contributed by atoms with Crippen molar-refractivity contribution >= 4 is 11.6 Å². The summed E-state index contributed by atoms with van der Waals surface area (Å²) in [6.45, 7) is 3.59. The van der Waals surface area contributed by atoms with Crippen LogP contribution in [-0.2, 0) is 11.2 Å². The van der Waals surface area contributed by atoms with Crippen LogP contribution in [0.4, 0.5) is 5.69 Å². The van der Waals surface area contributed by atoms with Crippen LogP contribution in [0.3, 0.4) is 0 Å². The molecule has 0 bridgehead atoms. The summed E-state index contributed by atoms with van der Waals surface area (Å²) in [4.78, 5) is 19.3. The van der Waals surface area contributed by atoms with Crippen LogP contribution in [0.25, 0.3) is 0 Å². The molecule has 0 saturated heterocycles. The molecular weight excluding hydrogens is 180 g/mol. The van der Waals surface area contributed by atoms with Crippen molar-refractivity contribution in [3.63, 3.8) is 0 Å². The number of aryl methyl sites for hydroxylation is 1. The van der Waals surface area contributed by atoms with E-state index in [-0.39, 0.29) is 5.91 Å². The van der Waals surface area contributed by atoms with Gasteiger partial charge in [-0.25, -0.2) is 9.97 Å². The molecule has 0 spiro atoms. The molecule has 1 aromatic heterocycles. The number of hydrogen-bond donors (Lipinski definition) is 2. The Morgan fingerprint density at radius 1 is 1.57 bits per heavy atom. The smallest absolute Gasteiger partial charge is 0.241 e. The van der Waals surface area contributed by atoms with Gasteiger partial charge in [0.1, 0.15) is 5.82 Å². The fourth-order valence-corrected chi connectivity index (χ4v) is 0.858. The zero-order valence-corrected chi connectivity index (χ0v) is 8.32. The van der Waals surface area contributed by atoms with Gasteiger partial charge in [-0.3, -0.25) is 4.79 Å². The maximum Gasteiger partial charge on any atom is 0.241 e. The zero-order valence-electron chi connectivity index (χ0n) is 8.32. The van der Waals surface area contributed by atoms with Crippen LogP contribution in [0.15, 0.2) is 12.4 Å². The highest BCUT2D eigenvalue weighted by molar-refractivity contribution is 5.94. The monoisotopic (exact) mass is 194 g/mol. The second-order valence-electron chi connectivity index (χ2n) is 3.02. The molecule has 5 heteroatoms. The third-order valence-corrected chi connectivity index (χ3v) is 1.70. The SMILES string of the molecule is CCc1ncc(NC(=O)[C@@H](C)N)cn1. The molecule has 1 heterocycles. The van der Waals surface area contributed by atoms with Crippen molar-refractivity contribution in [2.75, 3.05) is 5.32 Å². The van der Waals surface area contributed by atoms with Crippen LogP contribution in [0.2, 0.25) is 0 Å². The van der Waals surface area contributed by atoms with Crippen LogP contribution < -0.4 is 11.1 Å². The van der Waals surface area contributed by atoms with Gasteiger partial charge in [-0.15, -0.1) is 0 Å². The minimum absolute atomic E-state index is 0.238. The van der Waals surface area contributed by atoms with E-state index in [4.69, 9.17) is 5.73 Å². The Morgan fingerprint density at radius 2 is 2.14 bits per heavy atom. The molecule has 0 aromatic carbocycles. The predicted molar refractivity (Wildman–Crippen MR) is 53.7 cm³/mol. The van der Waals surface area contributed by atoms with E-state index >= 15 is 0 Å². The Kier molecular flexibility index (Phi) is 3.53. The maximum atomic E-state index is 11.2. The first-order chi connectivity index (χ1) is 6.63. The first-order valence-corrected chi connectivity index (χ1v) is 4.51. The summed E-state index contributed by atoms with van der Waals surface area (Å²) in [5.74, 6) is 0.515. The van der Waals surface area contributed by atoms with E-state index in [0.717, 1.165) is 12.2 Å². The number of aromatic nitrogens is 2. The van der Waals surface area contributed by atoms with Gasteiger partial charge in [0.05, 0.1) is 24.1 Å². The quantitative estimate of drug-likeness (QED) is 0.726. The summed E-state index contributed by atoms with van der Waals surface area (Å²) in [5, 5.41) is 2.60. The Labute approximate surface area is 82.7 Å². The normalized spacial score (nSPS) is 12.2. The molecule has 76 valence electrons. The average molecular weight is 194 g/mol. The summed E-state index contributed by atoms with van der Waals surface area (Å²) >= 11 is 0. The Balaban J connectivity index is 2.64. The summed E-state index contributed by atoms with van der Waals surface area (Å²) in [6, 6.07) is -0.527. The Hall–Kier alpha value is -1.49. The van der Waals surface area contributed by atoms with E-state index in [2.05, 4.69) is 15.3 Å². The second-order valence-corrected chi connectivity index (χ2v) is 3.02. The molecule has 1 amide bonds. The number of nitrogens with zero attached hydrogens (tertiary/aromatic N) is 2. The Bertz CT molecular complexity index is 307. The van der Waals surface area contributed by atoms with Crippen LogP contribution in [0.1, 0.15) is 19.7 Å². The summed E-state index contributed by atoms with van der Waals surface area (Å²) in [5.41, 5.74) is 5.96. The van der Waals surface area contributed by atoms with Gasteiger partial charge in [-0.1, -0.05) is 6.92 Å². The standard InChI is InChI=1S/C9H14N4O/c1-3-8-11-4-7(5-12-8)13-9(14)6(2)10/h4-6H,3,10H2,1-2H3,(H,13,14)/t6-/m1/s1. The fourth-order valence-electron chi connectivity index (χ4n) is 0.858. The molecule has 0 fully saturated rings. The second kappa shape index (κ2) is 4.66. The molecular formula is C9H14N4O. The van der Waals surface area contributed by atoms with Crippen LogP contribution >= 0.6 is 0 Å². The predicted octanol–water partition coefficient (Wildman–Crippen LogP) is 0.325. The van der Waals surface area contributed by atoms with Gasteiger partial charge in [-0.2, -0.15) is 0 Å². The highest BCUT2D eigenvalue weighted by Gasteiger charge is 2.07. The third kappa shape index (κ3) is 2.77. The van der Waals surface area contributed by atoms with E-state index in [1.165, 1.54) is 0 Å². The number of rotatable bonds is 3. The topological polar surface area (TPSA) is 80.9 Å². The molecule has 3 N–H and O–H groups in total. The van der Waals surface area contributed by atoms with Crippen molar-refractivity contribution in [1.82, 2.24) is 9.97 Å². The van der Waals surface area contributed by atoms with Gasteiger partial charge in [0.15, 0.2) is 0 Å². The van der Waals surface area contributed by atoms with E-state index in [1.807, 2.05) is 6.92 Å². The number of amides is 1. The van der Waals surface area contributed by atoms with E-state index < -0.39 is 6.04 Å². The van der Waals surface area contributed by atoms with E-state index in [1.54, 1.807) is 19.3 Å². The first-order valence-electron chi connectivity index (χ1n) is 4.51. The number of hydrogen-bond acceptors (Lipinski definition) is 4. The van der Waals surface area contributed by atoms with Crippen molar-refractivity contribution < 1.29 is 4.79 Å². The van der Waals surface area contributed by atoms with Gasteiger partial charge in [-0.05, 0) is 6.92 Å². The van der Waals surface area contributed by atoms with Gasteiger partial charge in [0, 0.05) is 6.42 Å². The molecule has 0 aliphatic rings. The third-order valence-electron chi connectivity index (χ3n) is 1.70. The molecule has 0 unspecified atom stereocenters. The van der Waals surface area contributed by atoms with Crippen molar-refractivity contribution in [3.05, 3.63) is 18.2 Å². The zero-order chi connectivity index (χ0) is 10.6. The van der Waals surface area contributed by atoms with Crippen LogP contribution in [0.5, 0.6) is 0 Å². The lowest BCUT2D eigenvalue weighted by atomic mass is 10.3. The molecule has 1 rings (SSSR count). The lowest BCUT2D eigenvalue weighted by Gasteiger charge is -2.06.